The van der Waals surface area contributed by atoms with Crippen molar-refractivity contribution >= 4 is 0 Å². The number of hydrogen-bond donors (Lipinski definition) is 2. The molecule has 0 saturated heterocycles. The van der Waals surface area contributed by atoms with Gasteiger partial charge in [-0.05, 0) is 30.5 Å². The van der Waals surface area contributed by atoms with Crippen LogP contribution in [0.25, 0.3) is 0 Å². The third-order valence-electron chi connectivity index (χ3n) is 2.38. The second-order valence-corrected chi connectivity index (χ2v) is 3.29. The standard InChI is InChI=1S/C9H11N3O/c10-12-11-9(5-6-9)7-1-3-8(13)4-2-7/h1-4,13H,5-6H2,(H2,10,11). The van der Waals surface area contributed by atoms with E-state index in [1.807, 2.05) is 12.1 Å². The molecule has 0 heterocycles. The Morgan fingerprint density at radius 1 is 1.23 bits per heavy atom. The molecule has 0 aromatic heterocycles. The van der Waals surface area contributed by atoms with Crippen LogP contribution >= 0.6 is 0 Å². The van der Waals surface area contributed by atoms with E-state index in [1.54, 1.807) is 12.1 Å². The molecule has 0 spiro atoms. The number of nitrogens with zero attached hydrogens (tertiary/aromatic N) is 2. The quantitative estimate of drug-likeness (QED) is 0.410. The minimum Gasteiger partial charge on any atom is -0.508 e. The molecular weight excluding hydrogens is 166 g/mol. The lowest BCUT2D eigenvalue weighted by Crippen LogP contribution is -2.01. The molecule has 4 nitrogen and oxygen atoms in total. The Morgan fingerprint density at radius 2 is 1.85 bits per heavy atom. The van der Waals surface area contributed by atoms with Gasteiger partial charge in [0.1, 0.15) is 11.3 Å². The highest BCUT2D eigenvalue weighted by atomic mass is 16.3. The van der Waals surface area contributed by atoms with Gasteiger partial charge in [0, 0.05) is 0 Å². The van der Waals surface area contributed by atoms with E-state index in [9.17, 15) is 0 Å². The zero-order valence-electron chi connectivity index (χ0n) is 7.14. The van der Waals surface area contributed by atoms with Crippen molar-refractivity contribution in [2.75, 3.05) is 0 Å². The van der Waals surface area contributed by atoms with Crippen LogP contribution in [0, 0.1) is 0 Å². The maximum absolute atomic E-state index is 9.09. The molecule has 0 bridgehead atoms. The zero-order valence-corrected chi connectivity index (χ0v) is 7.14. The molecule has 2 rings (SSSR count). The lowest BCUT2D eigenvalue weighted by atomic mass is 10.1. The SMILES string of the molecule is NN=NC1(c2ccc(O)cc2)CC1. The fourth-order valence-electron chi connectivity index (χ4n) is 1.45. The van der Waals surface area contributed by atoms with Crippen molar-refractivity contribution in [3.63, 3.8) is 0 Å². The molecular formula is C9H11N3O. The van der Waals surface area contributed by atoms with E-state index >= 15 is 0 Å². The van der Waals surface area contributed by atoms with Crippen molar-refractivity contribution < 1.29 is 5.11 Å². The highest BCUT2D eigenvalue weighted by Gasteiger charge is 2.45. The Labute approximate surface area is 76.1 Å². The van der Waals surface area contributed by atoms with Gasteiger partial charge in [0.2, 0.25) is 0 Å². The number of phenolic OH excluding ortho intramolecular Hbond substituents is 1. The number of benzene rings is 1. The van der Waals surface area contributed by atoms with Crippen LogP contribution in [-0.4, -0.2) is 5.11 Å². The highest BCUT2D eigenvalue weighted by Crippen LogP contribution is 2.49. The van der Waals surface area contributed by atoms with Crippen LogP contribution in [0.15, 0.2) is 34.6 Å². The van der Waals surface area contributed by atoms with Crippen molar-refractivity contribution in [3.8, 4) is 5.75 Å². The Morgan fingerprint density at radius 3 is 2.31 bits per heavy atom. The smallest absolute Gasteiger partial charge is 0.115 e. The predicted octanol–water partition coefficient (Wildman–Crippen LogP) is 1.71. The fraction of sp³-hybridized carbons (Fsp3) is 0.333. The molecule has 1 aliphatic carbocycles. The number of nitrogens with two attached hydrogens (primary N) is 1. The van der Waals surface area contributed by atoms with Gasteiger partial charge in [0.25, 0.3) is 0 Å². The molecule has 0 radical (unpaired) electrons. The predicted molar refractivity (Wildman–Crippen MR) is 48.1 cm³/mol. The molecule has 0 amide bonds. The van der Waals surface area contributed by atoms with Gasteiger partial charge in [-0.2, -0.15) is 5.11 Å². The topological polar surface area (TPSA) is 71.0 Å². The van der Waals surface area contributed by atoms with Gasteiger partial charge in [-0.25, -0.2) is 0 Å². The van der Waals surface area contributed by atoms with E-state index in [0.717, 1.165) is 18.4 Å². The summed E-state index contributed by atoms with van der Waals surface area (Å²) in [5.74, 6) is 5.30. The van der Waals surface area contributed by atoms with E-state index in [2.05, 4.69) is 10.3 Å². The average Bonchev–Trinajstić information content (AvgIpc) is 2.87. The van der Waals surface area contributed by atoms with Gasteiger partial charge in [-0.3, -0.25) is 0 Å². The molecule has 1 aliphatic rings. The monoisotopic (exact) mass is 177 g/mol. The second-order valence-electron chi connectivity index (χ2n) is 3.29. The summed E-state index contributed by atoms with van der Waals surface area (Å²) in [5.41, 5.74) is 0.877. The van der Waals surface area contributed by atoms with Crippen LogP contribution in [0.1, 0.15) is 18.4 Å². The second kappa shape index (κ2) is 2.73. The van der Waals surface area contributed by atoms with Crippen LogP contribution in [0.2, 0.25) is 0 Å². The Balaban J connectivity index is 2.30. The summed E-state index contributed by atoms with van der Waals surface area (Å²) in [6, 6.07) is 7.02. The fourth-order valence-corrected chi connectivity index (χ4v) is 1.45. The first-order chi connectivity index (χ1) is 6.27. The normalized spacial score (nSPS) is 19.1. The summed E-state index contributed by atoms with van der Waals surface area (Å²) >= 11 is 0. The summed E-state index contributed by atoms with van der Waals surface area (Å²) in [6.45, 7) is 0. The maximum atomic E-state index is 9.09. The molecule has 0 atom stereocenters. The van der Waals surface area contributed by atoms with Crippen LogP contribution in [0.4, 0.5) is 0 Å². The first kappa shape index (κ1) is 8.04. The molecule has 13 heavy (non-hydrogen) atoms. The minimum atomic E-state index is -0.192. The van der Waals surface area contributed by atoms with Crippen molar-refractivity contribution in [3.05, 3.63) is 29.8 Å². The molecule has 1 fully saturated rings. The van der Waals surface area contributed by atoms with Gasteiger partial charge in [-0.1, -0.05) is 17.4 Å². The highest BCUT2D eigenvalue weighted by molar-refractivity contribution is 5.34. The summed E-state index contributed by atoms with van der Waals surface area (Å²) in [5, 5.41) is 16.4. The minimum absolute atomic E-state index is 0.192. The third kappa shape index (κ3) is 1.35. The van der Waals surface area contributed by atoms with Crippen molar-refractivity contribution in [1.29, 1.82) is 0 Å². The van der Waals surface area contributed by atoms with E-state index in [1.165, 1.54) is 0 Å². The molecule has 1 saturated carbocycles. The van der Waals surface area contributed by atoms with Gasteiger partial charge in [0.05, 0.1) is 0 Å². The molecule has 1 aromatic carbocycles. The van der Waals surface area contributed by atoms with E-state index in [-0.39, 0.29) is 11.3 Å². The van der Waals surface area contributed by atoms with Gasteiger partial charge in [0.15, 0.2) is 0 Å². The number of rotatable bonds is 2. The summed E-state index contributed by atoms with van der Waals surface area (Å²) in [7, 11) is 0. The molecule has 0 aliphatic heterocycles. The van der Waals surface area contributed by atoms with Crippen LogP contribution < -0.4 is 5.84 Å². The maximum Gasteiger partial charge on any atom is 0.115 e. The van der Waals surface area contributed by atoms with Crippen LogP contribution in [0.5, 0.6) is 5.75 Å². The molecule has 0 unspecified atom stereocenters. The van der Waals surface area contributed by atoms with Crippen LogP contribution in [-0.2, 0) is 5.54 Å². The third-order valence-corrected chi connectivity index (χ3v) is 2.38. The summed E-state index contributed by atoms with van der Waals surface area (Å²) in [4.78, 5) is 0. The average molecular weight is 177 g/mol. The number of phenols is 1. The Kier molecular flexibility index (Phi) is 1.69. The molecule has 4 heteroatoms. The van der Waals surface area contributed by atoms with Crippen molar-refractivity contribution in [2.24, 2.45) is 16.2 Å². The zero-order chi connectivity index (χ0) is 9.31. The molecule has 3 N–H and O–H groups in total. The van der Waals surface area contributed by atoms with Gasteiger partial charge >= 0.3 is 0 Å². The van der Waals surface area contributed by atoms with Gasteiger partial charge < -0.3 is 10.9 Å². The van der Waals surface area contributed by atoms with Crippen LogP contribution in [0.3, 0.4) is 0 Å². The van der Waals surface area contributed by atoms with E-state index < -0.39 is 0 Å². The van der Waals surface area contributed by atoms with E-state index in [0.29, 0.717) is 0 Å². The van der Waals surface area contributed by atoms with E-state index in [4.69, 9.17) is 10.9 Å². The summed E-state index contributed by atoms with van der Waals surface area (Å²) < 4.78 is 0. The van der Waals surface area contributed by atoms with Crippen molar-refractivity contribution in [2.45, 2.75) is 18.4 Å². The first-order valence-corrected chi connectivity index (χ1v) is 4.18. The van der Waals surface area contributed by atoms with Crippen molar-refractivity contribution in [1.82, 2.24) is 0 Å². The number of aromatic hydroxyl groups is 1. The molecule has 68 valence electrons. The summed E-state index contributed by atoms with van der Waals surface area (Å²) in [6.07, 6.45) is 1.97. The first-order valence-electron chi connectivity index (χ1n) is 4.18. The molecule has 1 aromatic rings. The Bertz CT molecular complexity index is 327. The lowest BCUT2D eigenvalue weighted by molar-refractivity contribution is 0.474. The largest absolute Gasteiger partial charge is 0.508 e. The van der Waals surface area contributed by atoms with Gasteiger partial charge in [-0.15, -0.1) is 0 Å². The Hall–Kier alpha value is -1.58. The number of hydrogen-bond acceptors (Lipinski definition) is 3. The lowest BCUT2D eigenvalue weighted by Gasteiger charge is -2.07.